The summed E-state index contributed by atoms with van der Waals surface area (Å²) in [6.07, 6.45) is 2.34. The molecule has 0 aliphatic heterocycles. The Kier molecular flexibility index (Phi) is 6.33. The highest BCUT2D eigenvalue weighted by molar-refractivity contribution is 4.92. The van der Waals surface area contributed by atoms with Crippen LogP contribution >= 0.6 is 0 Å². The molecule has 0 aromatic rings. The SMILES string of the molecule is CC(C)(C)CC(C)(C)C(CON)C(C)(C)CC(C)(C)C. The monoisotopic (exact) mass is 285 g/mol. The summed E-state index contributed by atoms with van der Waals surface area (Å²) in [5, 5.41) is 0. The van der Waals surface area contributed by atoms with Crippen molar-refractivity contribution in [3.8, 4) is 0 Å². The van der Waals surface area contributed by atoms with Gasteiger partial charge in [0, 0.05) is 0 Å². The van der Waals surface area contributed by atoms with Crippen molar-refractivity contribution in [1.29, 1.82) is 0 Å². The van der Waals surface area contributed by atoms with Gasteiger partial charge in [-0.2, -0.15) is 0 Å². The zero-order valence-electron chi connectivity index (χ0n) is 15.7. The standard InChI is InChI=1S/C18H39NO/c1-15(2,3)12-17(7,8)14(11-20-19)18(9,10)13-16(4,5)6/h14H,11-13,19H2,1-10H3. The highest BCUT2D eigenvalue weighted by atomic mass is 16.6. The number of hydrogen-bond donors (Lipinski definition) is 1. The lowest BCUT2D eigenvalue weighted by atomic mass is 9.57. The minimum absolute atomic E-state index is 0.201. The van der Waals surface area contributed by atoms with Crippen LogP contribution in [0, 0.1) is 27.6 Å². The van der Waals surface area contributed by atoms with E-state index in [0.717, 1.165) is 0 Å². The summed E-state index contributed by atoms with van der Waals surface area (Å²) in [6, 6.07) is 0. The molecule has 0 radical (unpaired) electrons. The van der Waals surface area contributed by atoms with E-state index < -0.39 is 0 Å². The maximum atomic E-state index is 5.45. The first kappa shape index (κ1) is 19.9. The van der Waals surface area contributed by atoms with E-state index in [-0.39, 0.29) is 10.8 Å². The van der Waals surface area contributed by atoms with Crippen LogP contribution in [-0.2, 0) is 4.84 Å². The van der Waals surface area contributed by atoms with E-state index in [2.05, 4.69) is 69.2 Å². The highest BCUT2D eigenvalue weighted by Gasteiger charge is 2.43. The Balaban J connectivity index is 5.31. The average molecular weight is 286 g/mol. The van der Waals surface area contributed by atoms with Gasteiger partial charge < -0.3 is 4.84 Å². The van der Waals surface area contributed by atoms with Crippen LogP contribution in [0.4, 0.5) is 0 Å². The van der Waals surface area contributed by atoms with Gasteiger partial charge in [0.05, 0.1) is 6.61 Å². The van der Waals surface area contributed by atoms with Gasteiger partial charge in [-0.05, 0) is 40.4 Å². The Morgan fingerprint density at radius 3 is 1.20 bits per heavy atom. The summed E-state index contributed by atoms with van der Waals surface area (Å²) < 4.78 is 0. The second kappa shape index (κ2) is 6.36. The molecule has 0 rings (SSSR count). The molecule has 0 fully saturated rings. The van der Waals surface area contributed by atoms with E-state index in [9.17, 15) is 0 Å². The zero-order chi connectivity index (χ0) is 16.4. The fourth-order valence-electron chi connectivity index (χ4n) is 4.59. The molecule has 0 heterocycles. The van der Waals surface area contributed by atoms with Crippen LogP contribution < -0.4 is 5.90 Å². The molecule has 0 saturated heterocycles. The van der Waals surface area contributed by atoms with Crippen molar-refractivity contribution in [2.75, 3.05) is 6.61 Å². The second-order valence-corrected chi connectivity index (χ2v) is 10.3. The van der Waals surface area contributed by atoms with Crippen molar-refractivity contribution in [2.45, 2.75) is 82.1 Å². The van der Waals surface area contributed by atoms with Crippen molar-refractivity contribution >= 4 is 0 Å². The first-order valence-corrected chi connectivity index (χ1v) is 7.92. The van der Waals surface area contributed by atoms with Crippen LogP contribution in [0.5, 0.6) is 0 Å². The first-order valence-electron chi connectivity index (χ1n) is 7.92. The molecule has 0 bridgehead atoms. The fourth-order valence-corrected chi connectivity index (χ4v) is 4.59. The van der Waals surface area contributed by atoms with E-state index in [1.54, 1.807) is 0 Å². The van der Waals surface area contributed by atoms with Gasteiger partial charge in [0.2, 0.25) is 0 Å². The largest absolute Gasteiger partial charge is 0.304 e. The summed E-state index contributed by atoms with van der Waals surface area (Å²) in [4.78, 5) is 5.11. The fraction of sp³-hybridized carbons (Fsp3) is 1.00. The van der Waals surface area contributed by atoms with Crippen molar-refractivity contribution in [3.05, 3.63) is 0 Å². The minimum Gasteiger partial charge on any atom is -0.304 e. The van der Waals surface area contributed by atoms with Crippen LogP contribution in [0.2, 0.25) is 0 Å². The highest BCUT2D eigenvalue weighted by Crippen LogP contribution is 2.50. The van der Waals surface area contributed by atoms with Gasteiger partial charge in [0.25, 0.3) is 0 Å². The molecule has 0 aliphatic carbocycles. The Morgan fingerprint density at radius 1 is 0.700 bits per heavy atom. The van der Waals surface area contributed by atoms with Gasteiger partial charge in [0.1, 0.15) is 0 Å². The van der Waals surface area contributed by atoms with Crippen LogP contribution in [0.3, 0.4) is 0 Å². The topological polar surface area (TPSA) is 35.2 Å². The van der Waals surface area contributed by atoms with E-state index >= 15 is 0 Å². The molecular weight excluding hydrogens is 246 g/mol. The summed E-state index contributed by atoms with van der Waals surface area (Å²) >= 11 is 0. The third-order valence-corrected chi connectivity index (χ3v) is 4.12. The molecular formula is C18H39NO. The molecule has 0 unspecified atom stereocenters. The maximum Gasteiger partial charge on any atom is 0.0717 e. The molecule has 0 atom stereocenters. The summed E-state index contributed by atoms with van der Waals surface area (Å²) in [7, 11) is 0. The van der Waals surface area contributed by atoms with Gasteiger partial charge in [0.15, 0.2) is 0 Å². The van der Waals surface area contributed by atoms with E-state index in [1.807, 2.05) is 0 Å². The predicted octanol–water partition coefficient (Wildman–Crippen LogP) is 5.42. The minimum atomic E-state index is 0.201. The average Bonchev–Trinajstić information content (AvgIpc) is 2.04. The van der Waals surface area contributed by atoms with Crippen molar-refractivity contribution in [2.24, 2.45) is 33.5 Å². The van der Waals surface area contributed by atoms with Crippen LogP contribution in [0.25, 0.3) is 0 Å². The van der Waals surface area contributed by atoms with Crippen molar-refractivity contribution in [3.63, 3.8) is 0 Å². The first-order chi connectivity index (χ1) is 8.61. The lowest BCUT2D eigenvalue weighted by molar-refractivity contribution is -0.0475. The normalized spacial score (nSPS) is 15.0. The predicted molar refractivity (Wildman–Crippen MR) is 89.3 cm³/mol. The Bertz CT molecular complexity index is 264. The molecule has 0 aliphatic rings. The summed E-state index contributed by atoms with van der Waals surface area (Å²) in [6.45, 7) is 24.0. The van der Waals surface area contributed by atoms with Gasteiger partial charge >= 0.3 is 0 Å². The number of hydrogen-bond acceptors (Lipinski definition) is 2. The lowest BCUT2D eigenvalue weighted by Gasteiger charge is -2.48. The summed E-state index contributed by atoms with van der Waals surface area (Å²) in [5.74, 6) is 5.89. The molecule has 0 spiro atoms. The van der Waals surface area contributed by atoms with Gasteiger partial charge in [-0.15, -0.1) is 0 Å². The molecule has 0 aromatic heterocycles. The zero-order valence-corrected chi connectivity index (χ0v) is 15.7. The molecule has 2 N–H and O–H groups in total. The van der Waals surface area contributed by atoms with E-state index in [0.29, 0.717) is 23.4 Å². The molecule has 20 heavy (non-hydrogen) atoms. The molecule has 0 amide bonds. The number of nitrogens with two attached hydrogens (primary N) is 1. The van der Waals surface area contributed by atoms with Gasteiger partial charge in [-0.25, -0.2) is 5.90 Å². The summed E-state index contributed by atoms with van der Waals surface area (Å²) in [5.41, 5.74) is 1.03. The quantitative estimate of drug-likeness (QED) is 0.661. The second-order valence-electron chi connectivity index (χ2n) is 10.3. The Labute approximate surface area is 127 Å². The smallest absolute Gasteiger partial charge is 0.0717 e. The molecule has 0 aromatic carbocycles. The molecule has 2 heteroatoms. The Hall–Kier alpha value is -0.0800. The molecule has 122 valence electrons. The lowest BCUT2D eigenvalue weighted by Crippen LogP contribution is -2.43. The van der Waals surface area contributed by atoms with Gasteiger partial charge in [-0.3, -0.25) is 0 Å². The van der Waals surface area contributed by atoms with E-state index in [1.165, 1.54) is 12.8 Å². The third kappa shape index (κ3) is 7.08. The van der Waals surface area contributed by atoms with Crippen LogP contribution in [-0.4, -0.2) is 6.61 Å². The third-order valence-electron chi connectivity index (χ3n) is 4.12. The Morgan fingerprint density at radius 2 is 1.00 bits per heavy atom. The van der Waals surface area contributed by atoms with Gasteiger partial charge in [-0.1, -0.05) is 69.2 Å². The van der Waals surface area contributed by atoms with Crippen molar-refractivity contribution in [1.82, 2.24) is 0 Å². The maximum absolute atomic E-state index is 5.45. The van der Waals surface area contributed by atoms with E-state index in [4.69, 9.17) is 10.7 Å². The van der Waals surface area contributed by atoms with Crippen LogP contribution in [0.1, 0.15) is 82.1 Å². The molecule has 2 nitrogen and oxygen atoms in total. The van der Waals surface area contributed by atoms with Crippen molar-refractivity contribution < 1.29 is 4.84 Å². The number of rotatable bonds is 6. The van der Waals surface area contributed by atoms with Crippen LogP contribution in [0.15, 0.2) is 0 Å². The molecule has 0 saturated carbocycles.